The van der Waals surface area contributed by atoms with Crippen molar-refractivity contribution in [1.29, 1.82) is 5.26 Å². The Morgan fingerprint density at radius 2 is 1.92 bits per heavy atom. The van der Waals surface area contributed by atoms with Crippen LogP contribution in [0.15, 0.2) is 60.9 Å². The van der Waals surface area contributed by atoms with Crippen LogP contribution in [-0.2, 0) is 12.7 Å². The molecule has 0 aliphatic rings. The van der Waals surface area contributed by atoms with Crippen molar-refractivity contribution in [3.8, 4) is 11.8 Å². The van der Waals surface area contributed by atoms with Gasteiger partial charge >= 0.3 is 6.18 Å². The maximum absolute atomic E-state index is 13.0. The largest absolute Gasteiger partial charge is 0.417 e. The average molecular weight is 342 g/mol. The van der Waals surface area contributed by atoms with Gasteiger partial charge in [-0.3, -0.25) is 0 Å². The summed E-state index contributed by atoms with van der Waals surface area (Å²) in [5.41, 5.74) is 0.672. The normalized spacial score (nSPS) is 11.1. The summed E-state index contributed by atoms with van der Waals surface area (Å²) in [7, 11) is 0. The Hall–Kier alpha value is -3.27. The second-order valence-electron chi connectivity index (χ2n) is 5.30. The van der Waals surface area contributed by atoms with Crippen molar-refractivity contribution in [2.24, 2.45) is 0 Å². The van der Waals surface area contributed by atoms with E-state index in [1.165, 1.54) is 12.1 Å². The fourth-order valence-corrected chi connectivity index (χ4v) is 2.48. The van der Waals surface area contributed by atoms with E-state index in [0.717, 1.165) is 17.3 Å². The zero-order chi connectivity index (χ0) is 17.9. The SMILES string of the molecule is N#Cc1ccc(NCc2ccccc2-n2cccn2)cc1C(F)(F)F. The highest BCUT2D eigenvalue weighted by molar-refractivity contribution is 5.54. The minimum Gasteiger partial charge on any atom is -0.381 e. The van der Waals surface area contributed by atoms with Crippen LogP contribution in [0.1, 0.15) is 16.7 Å². The minimum atomic E-state index is -4.57. The summed E-state index contributed by atoms with van der Waals surface area (Å²) < 4.78 is 40.8. The molecule has 2 aromatic carbocycles. The Labute approximate surface area is 142 Å². The molecule has 0 amide bonds. The van der Waals surface area contributed by atoms with E-state index in [2.05, 4.69) is 10.4 Å². The van der Waals surface area contributed by atoms with Crippen LogP contribution in [0, 0.1) is 11.3 Å². The van der Waals surface area contributed by atoms with Gasteiger partial charge in [-0.25, -0.2) is 4.68 Å². The molecule has 126 valence electrons. The first kappa shape index (κ1) is 16.6. The predicted molar refractivity (Wildman–Crippen MR) is 87.0 cm³/mol. The van der Waals surface area contributed by atoms with Crippen molar-refractivity contribution >= 4 is 5.69 Å². The fourth-order valence-electron chi connectivity index (χ4n) is 2.48. The van der Waals surface area contributed by atoms with E-state index >= 15 is 0 Å². The van der Waals surface area contributed by atoms with Crippen molar-refractivity contribution in [1.82, 2.24) is 9.78 Å². The Morgan fingerprint density at radius 1 is 1.12 bits per heavy atom. The summed E-state index contributed by atoms with van der Waals surface area (Å²) in [6.07, 6.45) is -1.13. The third-order valence-electron chi connectivity index (χ3n) is 3.67. The van der Waals surface area contributed by atoms with Gasteiger partial charge in [-0.05, 0) is 35.9 Å². The van der Waals surface area contributed by atoms with Crippen LogP contribution in [0.2, 0.25) is 0 Å². The minimum absolute atomic E-state index is 0.293. The summed E-state index contributed by atoms with van der Waals surface area (Å²) in [6.45, 7) is 0.319. The van der Waals surface area contributed by atoms with E-state index in [1.54, 1.807) is 29.2 Å². The molecule has 7 heteroatoms. The molecular weight excluding hydrogens is 329 g/mol. The van der Waals surface area contributed by atoms with Crippen molar-refractivity contribution < 1.29 is 13.2 Å². The first-order valence-corrected chi connectivity index (χ1v) is 7.42. The van der Waals surface area contributed by atoms with Crippen LogP contribution in [0.4, 0.5) is 18.9 Å². The molecule has 1 heterocycles. The average Bonchev–Trinajstić information content (AvgIpc) is 3.13. The van der Waals surface area contributed by atoms with Gasteiger partial charge in [0.15, 0.2) is 0 Å². The zero-order valence-corrected chi connectivity index (χ0v) is 13.0. The third kappa shape index (κ3) is 3.63. The van der Waals surface area contributed by atoms with Crippen LogP contribution in [0.5, 0.6) is 0 Å². The molecule has 25 heavy (non-hydrogen) atoms. The molecule has 3 rings (SSSR count). The van der Waals surface area contributed by atoms with Gasteiger partial charge in [0, 0.05) is 24.6 Å². The van der Waals surface area contributed by atoms with Gasteiger partial charge in [-0.1, -0.05) is 18.2 Å². The lowest BCUT2D eigenvalue weighted by molar-refractivity contribution is -0.137. The number of nitrogens with zero attached hydrogens (tertiary/aromatic N) is 3. The van der Waals surface area contributed by atoms with E-state index in [0.29, 0.717) is 12.2 Å². The van der Waals surface area contributed by atoms with Gasteiger partial charge in [0.05, 0.1) is 22.9 Å². The summed E-state index contributed by atoms with van der Waals surface area (Å²) in [4.78, 5) is 0. The standard InChI is InChI=1S/C18H13F3N4/c19-18(20,21)16-10-15(7-6-13(16)11-22)23-12-14-4-1-2-5-17(14)25-9-3-8-24-25/h1-10,23H,12H2. The molecule has 1 N–H and O–H groups in total. The van der Waals surface area contributed by atoms with E-state index in [9.17, 15) is 13.2 Å². The number of halogens is 3. The Kier molecular flexibility index (Phi) is 4.44. The quantitative estimate of drug-likeness (QED) is 0.766. The van der Waals surface area contributed by atoms with E-state index < -0.39 is 17.3 Å². The molecule has 0 aliphatic carbocycles. The van der Waals surface area contributed by atoms with Gasteiger partial charge in [0.1, 0.15) is 0 Å². The van der Waals surface area contributed by atoms with E-state index in [1.807, 2.05) is 24.3 Å². The van der Waals surface area contributed by atoms with Crippen molar-refractivity contribution in [3.05, 3.63) is 77.6 Å². The second-order valence-corrected chi connectivity index (χ2v) is 5.30. The number of rotatable bonds is 4. The first-order valence-electron chi connectivity index (χ1n) is 7.42. The molecule has 0 unspecified atom stereocenters. The molecule has 4 nitrogen and oxygen atoms in total. The number of benzene rings is 2. The summed E-state index contributed by atoms with van der Waals surface area (Å²) >= 11 is 0. The number of hydrogen-bond donors (Lipinski definition) is 1. The van der Waals surface area contributed by atoms with E-state index in [4.69, 9.17) is 5.26 Å². The Balaban J connectivity index is 1.85. The number of para-hydroxylation sites is 1. The molecule has 0 spiro atoms. The Morgan fingerprint density at radius 3 is 2.60 bits per heavy atom. The summed E-state index contributed by atoms with van der Waals surface area (Å²) in [6, 6.07) is 14.4. The van der Waals surface area contributed by atoms with Gasteiger partial charge in [0.2, 0.25) is 0 Å². The van der Waals surface area contributed by atoms with Crippen LogP contribution in [0.25, 0.3) is 5.69 Å². The number of aromatic nitrogens is 2. The predicted octanol–water partition coefficient (Wildman–Crippen LogP) is 4.37. The molecule has 0 aliphatic heterocycles. The second kappa shape index (κ2) is 6.69. The molecule has 3 aromatic rings. The molecule has 0 bridgehead atoms. The van der Waals surface area contributed by atoms with Gasteiger partial charge in [-0.2, -0.15) is 23.5 Å². The van der Waals surface area contributed by atoms with Crippen molar-refractivity contribution in [2.75, 3.05) is 5.32 Å². The van der Waals surface area contributed by atoms with Gasteiger partial charge < -0.3 is 5.32 Å². The first-order chi connectivity index (χ1) is 12.0. The third-order valence-corrected chi connectivity index (χ3v) is 3.67. The lowest BCUT2D eigenvalue weighted by Crippen LogP contribution is -2.10. The number of anilines is 1. The molecule has 0 atom stereocenters. The van der Waals surface area contributed by atoms with Crippen LogP contribution < -0.4 is 5.32 Å². The number of nitriles is 1. The number of alkyl halides is 3. The molecule has 0 saturated carbocycles. The number of hydrogen-bond acceptors (Lipinski definition) is 3. The maximum Gasteiger partial charge on any atom is 0.417 e. The van der Waals surface area contributed by atoms with Crippen LogP contribution in [-0.4, -0.2) is 9.78 Å². The summed E-state index contributed by atoms with van der Waals surface area (Å²) in [5.74, 6) is 0. The number of nitrogens with one attached hydrogen (secondary N) is 1. The molecule has 0 radical (unpaired) electrons. The van der Waals surface area contributed by atoms with E-state index in [-0.39, 0.29) is 0 Å². The molecule has 1 aromatic heterocycles. The van der Waals surface area contributed by atoms with Crippen LogP contribution in [0.3, 0.4) is 0 Å². The zero-order valence-electron chi connectivity index (χ0n) is 13.0. The highest BCUT2D eigenvalue weighted by atomic mass is 19.4. The topological polar surface area (TPSA) is 53.6 Å². The smallest absolute Gasteiger partial charge is 0.381 e. The Bertz CT molecular complexity index is 909. The molecule has 0 saturated heterocycles. The van der Waals surface area contributed by atoms with Crippen molar-refractivity contribution in [3.63, 3.8) is 0 Å². The lowest BCUT2D eigenvalue weighted by atomic mass is 10.1. The van der Waals surface area contributed by atoms with Gasteiger partial charge in [0.25, 0.3) is 0 Å². The fraction of sp³-hybridized carbons (Fsp3) is 0.111. The highest BCUT2D eigenvalue weighted by Crippen LogP contribution is 2.33. The highest BCUT2D eigenvalue weighted by Gasteiger charge is 2.33. The lowest BCUT2D eigenvalue weighted by Gasteiger charge is -2.14. The van der Waals surface area contributed by atoms with Crippen molar-refractivity contribution in [2.45, 2.75) is 12.7 Å². The van der Waals surface area contributed by atoms with Crippen LogP contribution >= 0.6 is 0 Å². The summed E-state index contributed by atoms with van der Waals surface area (Å²) in [5, 5.41) is 16.0. The maximum atomic E-state index is 13.0. The van der Waals surface area contributed by atoms with Gasteiger partial charge in [-0.15, -0.1) is 0 Å². The molecule has 0 fully saturated rings. The molecular formula is C18H13F3N4. The monoisotopic (exact) mass is 342 g/mol.